The van der Waals surface area contributed by atoms with Gasteiger partial charge in [0.15, 0.2) is 11.1 Å². The maximum atomic E-state index is 12.9. The third-order valence-electron chi connectivity index (χ3n) is 2.69. The van der Waals surface area contributed by atoms with Gasteiger partial charge in [-0.25, -0.2) is 4.21 Å². The molecule has 9 heteroatoms. The SMILES string of the molecule is Cc1ccc2c(c1)C(C(F)(F)F)(C(F)(F)F)OS2=O. The van der Waals surface area contributed by atoms with E-state index in [0.717, 1.165) is 6.07 Å². The Hall–Kier alpha value is -1.09. The van der Waals surface area contributed by atoms with Crippen molar-refractivity contribution in [1.29, 1.82) is 0 Å². The Morgan fingerprint density at radius 2 is 1.63 bits per heavy atom. The van der Waals surface area contributed by atoms with Crippen LogP contribution >= 0.6 is 0 Å². The summed E-state index contributed by atoms with van der Waals surface area (Å²) in [5, 5.41) is 0. The lowest BCUT2D eigenvalue weighted by atomic mass is 9.91. The second kappa shape index (κ2) is 3.95. The molecular weight excluding hydrogens is 298 g/mol. The lowest BCUT2D eigenvalue weighted by Gasteiger charge is -2.32. The van der Waals surface area contributed by atoms with E-state index < -0.39 is 39.5 Å². The Morgan fingerprint density at radius 3 is 2.11 bits per heavy atom. The molecule has 1 unspecified atom stereocenters. The fraction of sp³-hybridized carbons (Fsp3) is 0.400. The zero-order chi connectivity index (χ0) is 14.6. The molecule has 0 aliphatic carbocycles. The van der Waals surface area contributed by atoms with Crippen molar-refractivity contribution in [2.24, 2.45) is 0 Å². The van der Waals surface area contributed by atoms with Crippen molar-refractivity contribution in [3.05, 3.63) is 29.3 Å². The lowest BCUT2D eigenvalue weighted by Crippen LogP contribution is -2.53. The van der Waals surface area contributed by atoms with E-state index in [2.05, 4.69) is 4.18 Å². The number of halogens is 6. The van der Waals surface area contributed by atoms with Crippen LogP contribution in [0.5, 0.6) is 0 Å². The third kappa shape index (κ3) is 1.86. The van der Waals surface area contributed by atoms with Crippen molar-refractivity contribution in [1.82, 2.24) is 0 Å². The molecule has 0 fully saturated rings. The molecule has 0 aromatic heterocycles. The fourth-order valence-electron chi connectivity index (χ4n) is 1.83. The highest BCUT2D eigenvalue weighted by Gasteiger charge is 2.77. The quantitative estimate of drug-likeness (QED) is 0.687. The first-order chi connectivity index (χ1) is 8.50. The largest absolute Gasteiger partial charge is 0.432 e. The highest BCUT2D eigenvalue weighted by Crippen LogP contribution is 2.58. The smallest absolute Gasteiger partial charge is 0.255 e. The topological polar surface area (TPSA) is 26.3 Å². The number of benzene rings is 1. The molecule has 0 bridgehead atoms. The minimum Gasteiger partial charge on any atom is -0.255 e. The van der Waals surface area contributed by atoms with Crippen LogP contribution in [0.25, 0.3) is 0 Å². The van der Waals surface area contributed by atoms with E-state index in [1.54, 1.807) is 0 Å². The Labute approximate surface area is 106 Å². The molecule has 19 heavy (non-hydrogen) atoms. The van der Waals surface area contributed by atoms with Crippen molar-refractivity contribution in [3.63, 3.8) is 0 Å². The van der Waals surface area contributed by atoms with E-state index >= 15 is 0 Å². The van der Waals surface area contributed by atoms with Gasteiger partial charge in [0.05, 0.1) is 4.90 Å². The van der Waals surface area contributed by atoms with Crippen LogP contribution in [0.15, 0.2) is 23.1 Å². The number of hydrogen-bond donors (Lipinski definition) is 0. The molecule has 1 atom stereocenters. The van der Waals surface area contributed by atoms with E-state index in [-0.39, 0.29) is 5.56 Å². The Kier molecular flexibility index (Phi) is 2.98. The van der Waals surface area contributed by atoms with Crippen molar-refractivity contribution in [2.45, 2.75) is 29.8 Å². The number of aryl methyl sites for hydroxylation is 1. The van der Waals surface area contributed by atoms with Gasteiger partial charge in [-0.2, -0.15) is 26.3 Å². The summed E-state index contributed by atoms with van der Waals surface area (Å²) in [6.45, 7) is 1.33. The molecule has 1 heterocycles. The highest BCUT2D eigenvalue weighted by molar-refractivity contribution is 7.80. The second-order valence-electron chi connectivity index (χ2n) is 3.99. The van der Waals surface area contributed by atoms with Crippen molar-refractivity contribution in [3.8, 4) is 0 Å². The van der Waals surface area contributed by atoms with E-state index in [0.29, 0.717) is 6.07 Å². The molecule has 0 spiro atoms. The molecule has 0 saturated carbocycles. The van der Waals surface area contributed by atoms with Gasteiger partial charge in [-0.3, -0.25) is 4.18 Å². The van der Waals surface area contributed by atoms with Crippen LogP contribution in [0.1, 0.15) is 11.1 Å². The number of fused-ring (bicyclic) bond motifs is 1. The van der Waals surface area contributed by atoms with Gasteiger partial charge in [-0.15, -0.1) is 0 Å². The molecule has 1 aromatic carbocycles. The lowest BCUT2D eigenvalue weighted by molar-refractivity contribution is -0.361. The molecule has 1 aromatic rings. The monoisotopic (exact) mass is 304 g/mol. The first kappa shape index (κ1) is 14.3. The summed E-state index contributed by atoms with van der Waals surface area (Å²) in [6, 6.07) is 2.91. The van der Waals surface area contributed by atoms with E-state index in [1.807, 2.05) is 0 Å². The molecule has 2 rings (SSSR count). The van der Waals surface area contributed by atoms with Crippen LogP contribution in [0.3, 0.4) is 0 Å². The average molecular weight is 304 g/mol. The highest BCUT2D eigenvalue weighted by atomic mass is 32.2. The molecule has 0 saturated heterocycles. The normalized spacial score (nSPS) is 22.4. The minimum absolute atomic E-state index is 0.180. The first-order valence-electron chi connectivity index (χ1n) is 4.86. The minimum atomic E-state index is -5.76. The van der Waals surface area contributed by atoms with Gasteiger partial charge >= 0.3 is 18.0 Å². The first-order valence-corrected chi connectivity index (χ1v) is 5.94. The molecule has 1 aliphatic heterocycles. The molecule has 2 nitrogen and oxygen atoms in total. The molecule has 1 aliphatic rings. The maximum absolute atomic E-state index is 12.9. The second-order valence-corrected chi connectivity index (χ2v) is 5.07. The number of rotatable bonds is 0. The maximum Gasteiger partial charge on any atom is 0.432 e. The zero-order valence-corrected chi connectivity index (χ0v) is 10.0. The van der Waals surface area contributed by atoms with Gasteiger partial charge in [-0.1, -0.05) is 17.7 Å². The third-order valence-corrected chi connectivity index (χ3v) is 3.81. The molecule has 0 N–H and O–H groups in total. The Morgan fingerprint density at radius 1 is 1.11 bits per heavy atom. The summed E-state index contributed by atoms with van der Waals surface area (Å²) >= 11 is -2.81. The molecule has 106 valence electrons. The average Bonchev–Trinajstić information content (AvgIpc) is 2.51. The van der Waals surface area contributed by atoms with E-state index in [1.165, 1.54) is 13.0 Å². The van der Waals surface area contributed by atoms with Gasteiger partial charge in [0.25, 0.3) is 0 Å². The van der Waals surface area contributed by atoms with Crippen molar-refractivity contribution < 1.29 is 34.7 Å². The summed E-state index contributed by atoms with van der Waals surface area (Å²) in [6.07, 6.45) is -11.5. The van der Waals surface area contributed by atoms with E-state index in [4.69, 9.17) is 0 Å². The predicted octanol–water partition coefficient (Wildman–Crippen LogP) is 3.37. The van der Waals surface area contributed by atoms with Gasteiger partial charge in [0.2, 0.25) is 0 Å². The van der Waals surface area contributed by atoms with Gasteiger partial charge in [0, 0.05) is 5.56 Å². The number of alkyl halides is 6. The summed E-state index contributed by atoms with van der Waals surface area (Å²) in [5.41, 5.74) is -5.52. The van der Waals surface area contributed by atoms with Crippen LogP contribution in [0.4, 0.5) is 26.3 Å². The van der Waals surface area contributed by atoms with Crippen LogP contribution < -0.4 is 0 Å². The Balaban J connectivity index is 2.82. The van der Waals surface area contributed by atoms with E-state index in [9.17, 15) is 30.6 Å². The molecule has 0 radical (unpaired) electrons. The van der Waals surface area contributed by atoms with Crippen LogP contribution in [0.2, 0.25) is 0 Å². The standard InChI is InChI=1S/C10H6F6O2S/c1-5-2-3-7-6(4-5)8(9(11,12)13,10(14,15)16)18-19(7)17/h2-4H,1H3. The van der Waals surface area contributed by atoms with Crippen molar-refractivity contribution >= 4 is 11.1 Å². The number of hydrogen-bond acceptors (Lipinski definition) is 2. The summed E-state index contributed by atoms with van der Waals surface area (Å²) in [5.74, 6) is 0. The summed E-state index contributed by atoms with van der Waals surface area (Å²) < 4.78 is 92.7. The summed E-state index contributed by atoms with van der Waals surface area (Å²) in [4.78, 5) is -0.611. The molecular formula is C10H6F6O2S. The Bertz CT molecular complexity index is 534. The predicted molar refractivity (Wildman–Crippen MR) is 52.5 cm³/mol. The summed E-state index contributed by atoms with van der Waals surface area (Å²) in [7, 11) is 0. The van der Waals surface area contributed by atoms with Gasteiger partial charge in [0.1, 0.15) is 0 Å². The van der Waals surface area contributed by atoms with Crippen LogP contribution in [-0.2, 0) is 20.9 Å². The van der Waals surface area contributed by atoms with Crippen LogP contribution in [-0.4, -0.2) is 16.6 Å². The van der Waals surface area contributed by atoms with Gasteiger partial charge in [-0.05, 0) is 13.0 Å². The van der Waals surface area contributed by atoms with Crippen molar-refractivity contribution in [2.75, 3.05) is 0 Å². The van der Waals surface area contributed by atoms with Gasteiger partial charge < -0.3 is 0 Å². The molecule has 0 amide bonds. The zero-order valence-electron chi connectivity index (χ0n) is 9.22. The van der Waals surface area contributed by atoms with Crippen LogP contribution in [0, 0.1) is 6.92 Å². The fourth-order valence-corrected chi connectivity index (χ4v) is 2.99.